The number of nitrogen functional groups attached to an aromatic ring is 1. The van der Waals surface area contributed by atoms with Crippen molar-refractivity contribution in [3.8, 4) is 11.3 Å². The fourth-order valence-corrected chi connectivity index (χ4v) is 3.28. The van der Waals surface area contributed by atoms with E-state index in [1.807, 2.05) is 35.1 Å². The summed E-state index contributed by atoms with van der Waals surface area (Å²) in [5.74, 6) is 1.84. The minimum atomic E-state index is 0.329. The molecule has 2 N–H and O–H groups in total. The first-order valence-electron chi connectivity index (χ1n) is 8.57. The Balaban J connectivity index is 1.35. The molecule has 0 aliphatic carbocycles. The zero-order valence-corrected chi connectivity index (χ0v) is 14.0. The van der Waals surface area contributed by atoms with Gasteiger partial charge in [0.2, 0.25) is 5.95 Å². The van der Waals surface area contributed by atoms with E-state index in [0.29, 0.717) is 11.9 Å². The maximum absolute atomic E-state index is 5.68. The van der Waals surface area contributed by atoms with Gasteiger partial charge in [-0.3, -0.25) is 4.68 Å². The van der Waals surface area contributed by atoms with E-state index in [2.05, 4.69) is 37.3 Å². The van der Waals surface area contributed by atoms with E-state index in [9.17, 15) is 0 Å². The number of hydrogen-bond donors (Lipinski definition) is 1. The molecule has 25 heavy (non-hydrogen) atoms. The topological polar surface area (TPSA) is 85.8 Å². The zero-order chi connectivity index (χ0) is 17.1. The number of hydrogen-bond acceptors (Lipinski definition) is 6. The smallest absolute Gasteiger partial charge is 0.221 e. The molecule has 2 aromatic heterocycles. The third kappa shape index (κ3) is 3.60. The van der Waals surface area contributed by atoms with Gasteiger partial charge in [0.15, 0.2) is 0 Å². The van der Waals surface area contributed by atoms with Gasteiger partial charge in [0.05, 0.1) is 6.20 Å². The monoisotopic (exact) mass is 335 g/mol. The van der Waals surface area contributed by atoms with Crippen LogP contribution in [0, 0.1) is 5.92 Å². The molecule has 0 atom stereocenters. The van der Waals surface area contributed by atoms with Crippen LogP contribution < -0.4 is 10.6 Å². The van der Waals surface area contributed by atoms with Crippen molar-refractivity contribution in [2.24, 2.45) is 5.92 Å². The van der Waals surface area contributed by atoms with E-state index in [1.165, 1.54) is 0 Å². The van der Waals surface area contributed by atoms with Gasteiger partial charge >= 0.3 is 0 Å². The van der Waals surface area contributed by atoms with Crippen LogP contribution in [0.3, 0.4) is 0 Å². The minimum absolute atomic E-state index is 0.329. The molecule has 1 saturated heterocycles. The highest BCUT2D eigenvalue weighted by atomic mass is 15.4. The largest absolute Gasteiger partial charge is 0.368 e. The molecule has 0 amide bonds. The minimum Gasteiger partial charge on any atom is -0.368 e. The molecule has 1 aromatic carbocycles. The third-order valence-electron chi connectivity index (χ3n) is 4.65. The first kappa shape index (κ1) is 15.6. The number of benzene rings is 1. The third-order valence-corrected chi connectivity index (χ3v) is 4.65. The summed E-state index contributed by atoms with van der Waals surface area (Å²) < 4.78 is 1.96. The van der Waals surface area contributed by atoms with Gasteiger partial charge in [-0.2, -0.15) is 4.98 Å². The molecule has 3 aromatic rings. The van der Waals surface area contributed by atoms with Crippen LogP contribution in [-0.2, 0) is 6.54 Å². The number of rotatable bonds is 4. The van der Waals surface area contributed by atoms with Crippen LogP contribution in [0.4, 0.5) is 11.8 Å². The molecule has 0 bridgehead atoms. The number of nitrogens with two attached hydrogens (primary N) is 1. The highest BCUT2D eigenvalue weighted by molar-refractivity contribution is 5.57. The number of piperidine rings is 1. The van der Waals surface area contributed by atoms with Gasteiger partial charge in [-0.15, -0.1) is 5.10 Å². The van der Waals surface area contributed by atoms with Crippen molar-refractivity contribution >= 4 is 11.8 Å². The number of anilines is 2. The average molecular weight is 335 g/mol. The standard InChI is InChI=1S/C18H21N7/c19-18-20-9-6-17(21-18)24-10-7-14(8-11-24)12-25-13-16(22-23-25)15-4-2-1-3-5-15/h1-6,9,13-14H,7-8,10-12H2,(H2,19,20,21). The molecule has 3 heterocycles. The summed E-state index contributed by atoms with van der Waals surface area (Å²) in [4.78, 5) is 10.5. The van der Waals surface area contributed by atoms with Crippen molar-refractivity contribution in [1.29, 1.82) is 0 Å². The normalized spacial score (nSPS) is 15.4. The Labute approximate surface area is 146 Å². The van der Waals surface area contributed by atoms with Gasteiger partial charge in [0.1, 0.15) is 11.5 Å². The Hall–Kier alpha value is -2.96. The summed E-state index contributed by atoms with van der Waals surface area (Å²) in [6.45, 7) is 2.85. The summed E-state index contributed by atoms with van der Waals surface area (Å²) in [7, 11) is 0. The molecular weight excluding hydrogens is 314 g/mol. The van der Waals surface area contributed by atoms with Crippen LogP contribution in [0.5, 0.6) is 0 Å². The Morgan fingerprint density at radius 2 is 1.88 bits per heavy atom. The van der Waals surface area contributed by atoms with Crippen molar-refractivity contribution in [3.63, 3.8) is 0 Å². The van der Waals surface area contributed by atoms with E-state index in [4.69, 9.17) is 5.73 Å². The summed E-state index contributed by atoms with van der Waals surface area (Å²) in [6.07, 6.45) is 5.95. The lowest BCUT2D eigenvalue weighted by atomic mass is 9.97. The SMILES string of the molecule is Nc1nccc(N2CCC(Cn3cc(-c4ccccc4)nn3)CC2)n1. The Morgan fingerprint density at radius 3 is 2.64 bits per heavy atom. The Bertz CT molecular complexity index is 822. The molecule has 0 saturated carbocycles. The van der Waals surface area contributed by atoms with Crippen LogP contribution >= 0.6 is 0 Å². The Kier molecular flexibility index (Phi) is 4.28. The van der Waals surface area contributed by atoms with E-state index >= 15 is 0 Å². The van der Waals surface area contributed by atoms with E-state index in [1.54, 1.807) is 6.20 Å². The molecule has 0 radical (unpaired) electrons. The molecule has 7 nitrogen and oxygen atoms in total. The second kappa shape index (κ2) is 6.88. The second-order valence-corrected chi connectivity index (χ2v) is 6.40. The zero-order valence-electron chi connectivity index (χ0n) is 14.0. The molecule has 1 aliphatic heterocycles. The van der Waals surface area contributed by atoms with Crippen molar-refractivity contribution in [3.05, 3.63) is 48.8 Å². The molecule has 7 heteroatoms. The van der Waals surface area contributed by atoms with Gasteiger partial charge < -0.3 is 10.6 Å². The quantitative estimate of drug-likeness (QED) is 0.787. The van der Waals surface area contributed by atoms with Crippen LogP contribution in [0.15, 0.2) is 48.8 Å². The van der Waals surface area contributed by atoms with Crippen LogP contribution in [0.1, 0.15) is 12.8 Å². The maximum atomic E-state index is 5.68. The molecule has 0 spiro atoms. The number of nitrogens with zero attached hydrogens (tertiary/aromatic N) is 6. The second-order valence-electron chi connectivity index (χ2n) is 6.40. The molecule has 1 aliphatic rings. The van der Waals surface area contributed by atoms with Crippen molar-refractivity contribution in [2.45, 2.75) is 19.4 Å². The first-order valence-corrected chi connectivity index (χ1v) is 8.57. The van der Waals surface area contributed by atoms with Gasteiger partial charge in [-0.05, 0) is 24.8 Å². The molecular formula is C18H21N7. The van der Waals surface area contributed by atoms with Gasteiger partial charge in [-0.25, -0.2) is 4.98 Å². The van der Waals surface area contributed by atoms with Gasteiger partial charge in [0, 0.05) is 31.4 Å². The molecule has 1 fully saturated rings. The summed E-state index contributed by atoms with van der Waals surface area (Å²) in [5.41, 5.74) is 7.70. The van der Waals surface area contributed by atoms with Gasteiger partial charge in [0.25, 0.3) is 0 Å². The summed E-state index contributed by atoms with van der Waals surface area (Å²) in [5, 5.41) is 8.59. The van der Waals surface area contributed by atoms with Crippen LogP contribution in [-0.4, -0.2) is 38.1 Å². The highest BCUT2D eigenvalue weighted by Gasteiger charge is 2.21. The predicted molar refractivity (Wildman–Crippen MR) is 96.8 cm³/mol. The lowest BCUT2D eigenvalue weighted by Crippen LogP contribution is -2.35. The number of aromatic nitrogens is 5. The van der Waals surface area contributed by atoms with E-state index in [-0.39, 0.29) is 0 Å². The maximum Gasteiger partial charge on any atom is 0.221 e. The molecule has 128 valence electrons. The Morgan fingerprint density at radius 1 is 1.08 bits per heavy atom. The average Bonchev–Trinajstić information content (AvgIpc) is 3.12. The van der Waals surface area contributed by atoms with Crippen molar-refractivity contribution in [1.82, 2.24) is 25.0 Å². The highest BCUT2D eigenvalue weighted by Crippen LogP contribution is 2.23. The lowest BCUT2D eigenvalue weighted by molar-refractivity contribution is 0.338. The summed E-state index contributed by atoms with van der Waals surface area (Å²) in [6, 6.07) is 12.1. The van der Waals surface area contributed by atoms with Crippen LogP contribution in [0.25, 0.3) is 11.3 Å². The van der Waals surface area contributed by atoms with E-state index in [0.717, 1.165) is 49.6 Å². The van der Waals surface area contributed by atoms with Crippen molar-refractivity contribution in [2.75, 3.05) is 23.7 Å². The molecule has 4 rings (SSSR count). The fraction of sp³-hybridized carbons (Fsp3) is 0.333. The van der Waals surface area contributed by atoms with E-state index < -0.39 is 0 Å². The first-order chi connectivity index (χ1) is 12.3. The summed E-state index contributed by atoms with van der Waals surface area (Å²) >= 11 is 0. The van der Waals surface area contributed by atoms with Gasteiger partial charge in [-0.1, -0.05) is 35.5 Å². The fourth-order valence-electron chi connectivity index (χ4n) is 3.28. The van der Waals surface area contributed by atoms with Crippen molar-refractivity contribution < 1.29 is 0 Å². The van der Waals surface area contributed by atoms with Crippen LogP contribution in [0.2, 0.25) is 0 Å². The lowest BCUT2D eigenvalue weighted by Gasteiger charge is -2.32. The molecule has 0 unspecified atom stereocenters. The predicted octanol–water partition coefficient (Wildman–Crippen LogP) is 2.23.